The molecule has 0 aliphatic carbocycles. The highest BCUT2D eigenvalue weighted by Crippen LogP contribution is 2.31. The van der Waals surface area contributed by atoms with Crippen LogP contribution in [0.3, 0.4) is 0 Å². The van der Waals surface area contributed by atoms with E-state index in [0.29, 0.717) is 4.99 Å². The number of hydrogen-bond donors (Lipinski definition) is 2. The summed E-state index contributed by atoms with van der Waals surface area (Å²) in [6.07, 6.45) is 0. The fourth-order valence-electron chi connectivity index (χ4n) is 1.76. The van der Waals surface area contributed by atoms with E-state index in [1.807, 2.05) is 43.3 Å². The Morgan fingerprint density at radius 2 is 1.95 bits per heavy atom. The first-order valence-corrected chi connectivity index (χ1v) is 7.60. The number of rotatable bonds is 3. The summed E-state index contributed by atoms with van der Waals surface area (Å²) in [4.78, 5) is 0.388. The van der Waals surface area contributed by atoms with Crippen LogP contribution in [0.15, 0.2) is 45.3 Å². The van der Waals surface area contributed by atoms with Crippen LogP contribution in [0.1, 0.15) is 11.1 Å². The Labute approximate surface area is 134 Å². The molecule has 3 N–H and O–H groups in total. The van der Waals surface area contributed by atoms with Gasteiger partial charge in [0.25, 0.3) is 0 Å². The third kappa shape index (κ3) is 3.35. The molecular weight excluding hydrogens is 388 g/mol. The molecule has 0 unspecified atom stereocenters. The molecule has 0 heterocycles. The van der Waals surface area contributed by atoms with Crippen molar-refractivity contribution in [1.29, 1.82) is 0 Å². The van der Waals surface area contributed by atoms with Gasteiger partial charge in [0, 0.05) is 14.5 Å². The van der Waals surface area contributed by atoms with Crippen LogP contribution in [0, 0.1) is 6.92 Å². The van der Waals surface area contributed by atoms with Gasteiger partial charge in [-0.25, -0.2) is 0 Å². The summed E-state index contributed by atoms with van der Waals surface area (Å²) in [6.45, 7) is 2.02. The number of aryl methyl sites for hydroxylation is 1. The topological polar surface area (TPSA) is 38.0 Å². The number of anilines is 2. The highest BCUT2D eigenvalue weighted by atomic mass is 79.9. The molecule has 0 saturated carbocycles. The Kier molecular flexibility index (Phi) is 4.60. The number of benzene rings is 2. The lowest BCUT2D eigenvalue weighted by Crippen LogP contribution is -2.12. The summed E-state index contributed by atoms with van der Waals surface area (Å²) in [6, 6.07) is 11.9. The van der Waals surface area contributed by atoms with Crippen LogP contribution in [0.5, 0.6) is 0 Å². The standard InChI is InChI=1S/C14H12Br2N2S/c1-8-3-2-4-10(14(17)19)13(8)18-12-6-5-9(15)7-11(12)16/h2-7,18H,1H3,(H2,17,19). The maximum absolute atomic E-state index is 5.77. The van der Waals surface area contributed by atoms with E-state index in [1.165, 1.54) is 0 Å². The number of nitrogens with two attached hydrogens (primary N) is 1. The molecule has 0 spiro atoms. The molecule has 19 heavy (non-hydrogen) atoms. The molecular formula is C14H12Br2N2S. The minimum atomic E-state index is 0.388. The molecule has 0 aromatic heterocycles. The van der Waals surface area contributed by atoms with Crippen LogP contribution in [-0.4, -0.2) is 4.99 Å². The van der Waals surface area contributed by atoms with Gasteiger partial charge in [-0.3, -0.25) is 0 Å². The van der Waals surface area contributed by atoms with Crippen molar-refractivity contribution < 1.29 is 0 Å². The lowest BCUT2D eigenvalue weighted by atomic mass is 10.1. The second-order valence-electron chi connectivity index (χ2n) is 4.11. The molecule has 2 aromatic rings. The Hall–Kier alpha value is -0.910. The molecule has 0 amide bonds. The Balaban J connectivity index is 2.46. The lowest BCUT2D eigenvalue weighted by molar-refractivity contribution is 1.41. The van der Waals surface area contributed by atoms with Gasteiger partial charge < -0.3 is 11.1 Å². The second-order valence-corrected chi connectivity index (χ2v) is 6.32. The molecule has 0 fully saturated rings. The summed E-state index contributed by atoms with van der Waals surface area (Å²) in [5.41, 5.74) is 9.63. The number of hydrogen-bond acceptors (Lipinski definition) is 2. The zero-order valence-electron chi connectivity index (χ0n) is 10.2. The fourth-order valence-corrected chi connectivity index (χ4v) is 3.08. The Morgan fingerprint density at radius 1 is 1.21 bits per heavy atom. The minimum absolute atomic E-state index is 0.388. The van der Waals surface area contributed by atoms with Crippen LogP contribution < -0.4 is 11.1 Å². The summed E-state index contributed by atoms with van der Waals surface area (Å²) in [5, 5.41) is 3.38. The average Bonchev–Trinajstić information content (AvgIpc) is 2.34. The monoisotopic (exact) mass is 398 g/mol. The molecule has 0 aliphatic heterocycles. The summed E-state index contributed by atoms with van der Waals surface area (Å²) in [5.74, 6) is 0. The van der Waals surface area contributed by atoms with Crippen molar-refractivity contribution in [3.63, 3.8) is 0 Å². The summed E-state index contributed by atoms with van der Waals surface area (Å²) in [7, 11) is 0. The van der Waals surface area contributed by atoms with Gasteiger partial charge in [-0.15, -0.1) is 0 Å². The molecule has 2 aromatic carbocycles. The summed E-state index contributed by atoms with van der Waals surface area (Å²) >= 11 is 12.1. The number of nitrogens with one attached hydrogen (secondary N) is 1. The first-order chi connectivity index (χ1) is 8.99. The normalized spacial score (nSPS) is 10.3. The van der Waals surface area contributed by atoms with Gasteiger partial charge in [0.05, 0.1) is 11.4 Å². The maximum Gasteiger partial charge on any atom is 0.106 e. The fraction of sp³-hybridized carbons (Fsp3) is 0.0714. The van der Waals surface area contributed by atoms with E-state index in [1.54, 1.807) is 0 Å². The lowest BCUT2D eigenvalue weighted by Gasteiger charge is -2.15. The van der Waals surface area contributed by atoms with Crippen LogP contribution in [0.25, 0.3) is 0 Å². The maximum atomic E-state index is 5.77. The molecule has 0 bridgehead atoms. The van der Waals surface area contributed by atoms with Gasteiger partial charge in [0.1, 0.15) is 4.99 Å². The molecule has 0 saturated heterocycles. The molecule has 0 atom stereocenters. The van der Waals surface area contributed by atoms with E-state index < -0.39 is 0 Å². The van der Waals surface area contributed by atoms with Crippen LogP contribution in [0.4, 0.5) is 11.4 Å². The van der Waals surface area contributed by atoms with Gasteiger partial charge in [-0.2, -0.15) is 0 Å². The number of para-hydroxylation sites is 1. The number of halogens is 2. The second kappa shape index (κ2) is 6.03. The van der Waals surface area contributed by atoms with E-state index in [9.17, 15) is 0 Å². The Bertz CT molecular complexity index is 641. The predicted octanol–water partition coefficient (Wildman–Crippen LogP) is 4.90. The van der Waals surface area contributed by atoms with Crippen LogP contribution in [-0.2, 0) is 0 Å². The van der Waals surface area contributed by atoms with Crippen molar-refractivity contribution in [3.05, 3.63) is 56.5 Å². The first kappa shape index (κ1) is 14.5. The van der Waals surface area contributed by atoms with Gasteiger partial charge in [0.15, 0.2) is 0 Å². The van der Waals surface area contributed by atoms with Crippen molar-refractivity contribution in [1.82, 2.24) is 0 Å². The van der Waals surface area contributed by atoms with E-state index in [4.69, 9.17) is 18.0 Å². The van der Waals surface area contributed by atoms with E-state index >= 15 is 0 Å². The van der Waals surface area contributed by atoms with Crippen molar-refractivity contribution in [2.75, 3.05) is 5.32 Å². The highest BCUT2D eigenvalue weighted by Gasteiger charge is 2.09. The molecule has 0 radical (unpaired) electrons. The van der Waals surface area contributed by atoms with Gasteiger partial charge in [-0.05, 0) is 52.7 Å². The van der Waals surface area contributed by atoms with Gasteiger partial charge in [0.2, 0.25) is 0 Å². The van der Waals surface area contributed by atoms with Gasteiger partial charge >= 0.3 is 0 Å². The van der Waals surface area contributed by atoms with Crippen LogP contribution >= 0.6 is 44.1 Å². The smallest absolute Gasteiger partial charge is 0.106 e. The van der Waals surface area contributed by atoms with Crippen molar-refractivity contribution in [2.24, 2.45) is 5.73 Å². The zero-order chi connectivity index (χ0) is 14.0. The SMILES string of the molecule is Cc1cccc(C(N)=S)c1Nc1ccc(Br)cc1Br. The predicted molar refractivity (Wildman–Crippen MR) is 92.2 cm³/mol. The molecule has 2 nitrogen and oxygen atoms in total. The molecule has 0 aliphatic rings. The number of thiocarbonyl (C=S) groups is 1. The van der Waals surface area contributed by atoms with E-state index in [2.05, 4.69) is 37.2 Å². The molecule has 5 heteroatoms. The van der Waals surface area contributed by atoms with Crippen molar-refractivity contribution >= 4 is 60.4 Å². The van der Waals surface area contributed by atoms with Gasteiger partial charge in [-0.1, -0.05) is 40.3 Å². The van der Waals surface area contributed by atoms with E-state index in [-0.39, 0.29) is 0 Å². The highest BCUT2D eigenvalue weighted by molar-refractivity contribution is 9.11. The third-order valence-electron chi connectivity index (χ3n) is 2.73. The largest absolute Gasteiger partial charge is 0.389 e. The molecule has 98 valence electrons. The summed E-state index contributed by atoms with van der Waals surface area (Å²) < 4.78 is 1.99. The Morgan fingerprint density at radius 3 is 2.58 bits per heavy atom. The minimum Gasteiger partial charge on any atom is -0.389 e. The molecule has 2 rings (SSSR count). The zero-order valence-corrected chi connectivity index (χ0v) is 14.2. The quantitative estimate of drug-likeness (QED) is 0.721. The van der Waals surface area contributed by atoms with Crippen molar-refractivity contribution in [2.45, 2.75) is 6.92 Å². The average molecular weight is 400 g/mol. The third-order valence-corrected chi connectivity index (χ3v) is 4.10. The van der Waals surface area contributed by atoms with E-state index in [0.717, 1.165) is 31.4 Å². The van der Waals surface area contributed by atoms with Crippen LogP contribution in [0.2, 0.25) is 0 Å². The van der Waals surface area contributed by atoms with Crippen molar-refractivity contribution in [3.8, 4) is 0 Å². The first-order valence-electron chi connectivity index (χ1n) is 5.60.